The SMILES string of the molecule is C[C@H](C1=CC=CC1C(=O)c1ccccc1)N(C)C. The first kappa shape index (κ1) is 12.8. The van der Waals surface area contributed by atoms with Gasteiger partial charge in [0.1, 0.15) is 0 Å². The molecular weight excluding hydrogens is 222 g/mol. The van der Waals surface area contributed by atoms with Gasteiger partial charge in [0.25, 0.3) is 0 Å². The van der Waals surface area contributed by atoms with Crippen LogP contribution in [0, 0.1) is 5.92 Å². The van der Waals surface area contributed by atoms with Gasteiger partial charge in [-0.15, -0.1) is 0 Å². The minimum atomic E-state index is -0.107. The van der Waals surface area contributed by atoms with E-state index in [-0.39, 0.29) is 17.7 Å². The van der Waals surface area contributed by atoms with Crippen molar-refractivity contribution in [1.29, 1.82) is 0 Å². The molecule has 2 rings (SSSR count). The molecule has 1 unspecified atom stereocenters. The summed E-state index contributed by atoms with van der Waals surface area (Å²) in [6.45, 7) is 2.13. The molecule has 18 heavy (non-hydrogen) atoms. The normalized spacial score (nSPS) is 20.0. The maximum atomic E-state index is 12.5. The molecule has 94 valence electrons. The molecule has 0 spiro atoms. The molecule has 1 aliphatic rings. The highest BCUT2D eigenvalue weighted by molar-refractivity contribution is 6.01. The van der Waals surface area contributed by atoms with Gasteiger partial charge in [0.15, 0.2) is 5.78 Å². The number of benzene rings is 1. The van der Waals surface area contributed by atoms with Crippen molar-refractivity contribution in [3.8, 4) is 0 Å². The standard InChI is InChI=1S/C16H19NO/c1-12(17(2)3)14-10-7-11-15(14)16(18)13-8-5-4-6-9-13/h4-12,15H,1-3H3/t12-,15?/m1/s1. The van der Waals surface area contributed by atoms with Crippen molar-refractivity contribution in [2.45, 2.75) is 13.0 Å². The summed E-state index contributed by atoms with van der Waals surface area (Å²) in [6, 6.07) is 9.78. The van der Waals surface area contributed by atoms with Crippen LogP contribution in [0.25, 0.3) is 0 Å². The number of allylic oxidation sites excluding steroid dienone is 3. The molecule has 2 nitrogen and oxygen atoms in total. The molecule has 0 aliphatic heterocycles. The van der Waals surface area contributed by atoms with Crippen LogP contribution in [0.1, 0.15) is 17.3 Å². The first-order chi connectivity index (χ1) is 8.61. The molecule has 0 aromatic heterocycles. The van der Waals surface area contributed by atoms with Gasteiger partial charge in [-0.05, 0) is 26.6 Å². The largest absolute Gasteiger partial charge is 0.303 e. The number of hydrogen-bond donors (Lipinski definition) is 0. The van der Waals surface area contributed by atoms with Crippen LogP contribution >= 0.6 is 0 Å². The number of hydrogen-bond acceptors (Lipinski definition) is 2. The molecule has 0 heterocycles. The third-order valence-corrected chi connectivity index (χ3v) is 3.55. The zero-order valence-corrected chi connectivity index (χ0v) is 11.1. The molecule has 1 aromatic carbocycles. The van der Waals surface area contributed by atoms with Crippen molar-refractivity contribution in [2.24, 2.45) is 5.92 Å². The number of nitrogens with zero attached hydrogens (tertiary/aromatic N) is 1. The average Bonchev–Trinajstić information content (AvgIpc) is 2.87. The summed E-state index contributed by atoms with van der Waals surface area (Å²) in [5, 5.41) is 0. The molecule has 0 radical (unpaired) electrons. The Morgan fingerprint density at radius 2 is 1.89 bits per heavy atom. The van der Waals surface area contributed by atoms with Crippen molar-refractivity contribution >= 4 is 5.78 Å². The van der Waals surface area contributed by atoms with Crippen LogP contribution in [0.2, 0.25) is 0 Å². The molecule has 0 saturated heterocycles. The summed E-state index contributed by atoms with van der Waals surface area (Å²) in [6.07, 6.45) is 6.04. The van der Waals surface area contributed by atoms with Crippen molar-refractivity contribution in [3.63, 3.8) is 0 Å². The Hall–Kier alpha value is -1.67. The lowest BCUT2D eigenvalue weighted by Crippen LogP contribution is -2.31. The third-order valence-electron chi connectivity index (χ3n) is 3.55. The zero-order valence-electron chi connectivity index (χ0n) is 11.1. The van der Waals surface area contributed by atoms with Crippen LogP contribution in [0.3, 0.4) is 0 Å². The van der Waals surface area contributed by atoms with E-state index in [1.165, 1.54) is 5.57 Å². The first-order valence-corrected chi connectivity index (χ1v) is 6.25. The maximum Gasteiger partial charge on any atom is 0.173 e. The van der Waals surface area contributed by atoms with Gasteiger partial charge >= 0.3 is 0 Å². The molecule has 0 N–H and O–H groups in total. The number of likely N-dealkylation sites (N-methyl/N-ethyl adjacent to an activating group) is 1. The summed E-state index contributed by atoms with van der Waals surface area (Å²) >= 11 is 0. The summed E-state index contributed by atoms with van der Waals surface area (Å²) in [7, 11) is 4.07. The zero-order chi connectivity index (χ0) is 13.1. The second-order valence-corrected chi connectivity index (χ2v) is 4.90. The van der Waals surface area contributed by atoms with Crippen molar-refractivity contribution < 1.29 is 4.79 Å². The second-order valence-electron chi connectivity index (χ2n) is 4.90. The molecule has 2 heteroatoms. The van der Waals surface area contributed by atoms with Gasteiger partial charge < -0.3 is 4.90 Å². The quantitative estimate of drug-likeness (QED) is 0.755. The Labute approximate surface area is 109 Å². The monoisotopic (exact) mass is 241 g/mol. The Balaban J connectivity index is 2.22. The van der Waals surface area contributed by atoms with E-state index < -0.39 is 0 Å². The van der Waals surface area contributed by atoms with Gasteiger partial charge in [0, 0.05) is 11.6 Å². The molecule has 0 amide bonds. The van der Waals surface area contributed by atoms with E-state index in [2.05, 4.69) is 17.9 Å². The van der Waals surface area contributed by atoms with Crippen LogP contribution in [-0.2, 0) is 0 Å². The van der Waals surface area contributed by atoms with E-state index in [0.29, 0.717) is 0 Å². The fraction of sp³-hybridized carbons (Fsp3) is 0.312. The lowest BCUT2D eigenvalue weighted by molar-refractivity contribution is 0.0955. The highest BCUT2D eigenvalue weighted by Gasteiger charge is 2.27. The van der Waals surface area contributed by atoms with Crippen LogP contribution < -0.4 is 0 Å². The molecule has 2 atom stereocenters. The summed E-state index contributed by atoms with van der Waals surface area (Å²) in [4.78, 5) is 14.6. The van der Waals surface area contributed by atoms with Gasteiger partial charge in [-0.2, -0.15) is 0 Å². The minimum Gasteiger partial charge on any atom is -0.303 e. The topological polar surface area (TPSA) is 20.3 Å². The second kappa shape index (κ2) is 5.32. The number of carbonyl (C=O) groups excluding carboxylic acids is 1. The number of ketones is 1. The smallest absolute Gasteiger partial charge is 0.173 e. The number of carbonyl (C=O) groups is 1. The van der Waals surface area contributed by atoms with Crippen LogP contribution in [0.5, 0.6) is 0 Å². The Morgan fingerprint density at radius 1 is 1.22 bits per heavy atom. The molecule has 1 aliphatic carbocycles. The fourth-order valence-corrected chi connectivity index (χ4v) is 2.21. The first-order valence-electron chi connectivity index (χ1n) is 6.25. The summed E-state index contributed by atoms with van der Waals surface area (Å²) in [5.74, 6) is 0.0779. The van der Waals surface area contributed by atoms with E-state index in [9.17, 15) is 4.79 Å². The number of rotatable bonds is 4. The van der Waals surface area contributed by atoms with Gasteiger partial charge in [0.05, 0.1) is 5.92 Å². The van der Waals surface area contributed by atoms with E-state index >= 15 is 0 Å². The van der Waals surface area contributed by atoms with E-state index in [1.54, 1.807) is 0 Å². The van der Waals surface area contributed by atoms with E-state index in [1.807, 2.05) is 56.6 Å². The Kier molecular flexibility index (Phi) is 3.78. The van der Waals surface area contributed by atoms with Gasteiger partial charge in [0.2, 0.25) is 0 Å². The Bertz CT molecular complexity index is 485. The highest BCUT2D eigenvalue weighted by Crippen LogP contribution is 2.27. The minimum absolute atomic E-state index is 0.107. The maximum absolute atomic E-state index is 12.5. The summed E-state index contributed by atoms with van der Waals surface area (Å²) < 4.78 is 0. The van der Waals surface area contributed by atoms with E-state index in [4.69, 9.17) is 0 Å². The molecule has 0 bridgehead atoms. The van der Waals surface area contributed by atoms with Gasteiger partial charge in [-0.1, -0.05) is 48.6 Å². The lowest BCUT2D eigenvalue weighted by atomic mass is 9.89. The van der Waals surface area contributed by atoms with Crippen molar-refractivity contribution in [1.82, 2.24) is 4.90 Å². The predicted octanol–water partition coefficient (Wildman–Crippen LogP) is 2.93. The Morgan fingerprint density at radius 3 is 2.50 bits per heavy atom. The molecule has 1 aromatic rings. The lowest BCUT2D eigenvalue weighted by Gasteiger charge is -2.25. The predicted molar refractivity (Wildman–Crippen MR) is 74.6 cm³/mol. The fourth-order valence-electron chi connectivity index (χ4n) is 2.21. The average molecular weight is 241 g/mol. The van der Waals surface area contributed by atoms with Gasteiger partial charge in [-0.3, -0.25) is 4.79 Å². The summed E-state index contributed by atoms with van der Waals surface area (Å²) in [5.41, 5.74) is 1.96. The third kappa shape index (κ3) is 2.44. The van der Waals surface area contributed by atoms with Crippen LogP contribution in [-0.4, -0.2) is 30.8 Å². The van der Waals surface area contributed by atoms with Crippen molar-refractivity contribution in [3.05, 3.63) is 59.7 Å². The molecule has 0 saturated carbocycles. The molecule has 0 fully saturated rings. The van der Waals surface area contributed by atoms with Crippen LogP contribution in [0.15, 0.2) is 54.1 Å². The molecular formula is C16H19NO. The van der Waals surface area contributed by atoms with Crippen molar-refractivity contribution in [2.75, 3.05) is 14.1 Å². The number of Topliss-reactive ketones (excluding diaryl/α,β-unsaturated/α-hetero) is 1. The van der Waals surface area contributed by atoms with Crippen LogP contribution in [0.4, 0.5) is 0 Å². The highest BCUT2D eigenvalue weighted by atomic mass is 16.1. The van der Waals surface area contributed by atoms with E-state index in [0.717, 1.165) is 5.56 Å². The van der Waals surface area contributed by atoms with Gasteiger partial charge in [-0.25, -0.2) is 0 Å².